The summed E-state index contributed by atoms with van der Waals surface area (Å²) in [5.41, 5.74) is 1.73. The number of benzene rings is 1. The van der Waals surface area contributed by atoms with Crippen molar-refractivity contribution in [3.05, 3.63) is 29.8 Å². The number of carbonyl (C=O) groups is 1. The number of hydrogen-bond donors (Lipinski definition) is 1. The molecule has 0 fully saturated rings. The summed E-state index contributed by atoms with van der Waals surface area (Å²) in [4.78, 5) is 11.2. The first-order chi connectivity index (χ1) is 7.26. The SMILES string of the molecule is CSCC(=O)Nc1ccc(CC#N)cc1. The van der Waals surface area contributed by atoms with Gasteiger partial charge in [-0.25, -0.2) is 0 Å². The van der Waals surface area contributed by atoms with Gasteiger partial charge in [-0.15, -0.1) is 0 Å². The van der Waals surface area contributed by atoms with E-state index in [1.54, 1.807) is 0 Å². The summed E-state index contributed by atoms with van der Waals surface area (Å²) in [7, 11) is 0. The van der Waals surface area contributed by atoms with E-state index in [1.165, 1.54) is 11.8 Å². The van der Waals surface area contributed by atoms with E-state index in [0.29, 0.717) is 12.2 Å². The van der Waals surface area contributed by atoms with Crippen LogP contribution in [0.3, 0.4) is 0 Å². The number of nitrogens with one attached hydrogen (secondary N) is 1. The summed E-state index contributed by atoms with van der Waals surface area (Å²) >= 11 is 1.49. The van der Waals surface area contributed by atoms with Crippen molar-refractivity contribution in [1.82, 2.24) is 0 Å². The van der Waals surface area contributed by atoms with Gasteiger partial charge >= 0.3 is 0 Å². The zero-order valence-corrected chi connectivity index (χ0v) is 9.30. The zero-order chi connectivity index (χ0) is 11.1. The van der Waals surface area contributed by atoms with Gasteiger partial charge in [0.15, 0.2) is 0 Å². The largest absolute Gasteiger partial charge is 0.325 e. The number of rotatable bonds is 4. The number of carbonyl (C=O) groups excluding carboxylic acids is 1. The van der Waals surface area contributed by atoms with Gasteiger partial charge in [-0.1, -0.05) is 12.1 Å². The highest BCUT2D eigenvalue weighted by atomic mass is 32.2. The van der Waals surface area contributed by atoms with Crippen LogP contribution in [0.1, 0.15) is 5.56 Å². The van der Waals surface area contributed by atoms with Crippen LogP contribution >= 0.6 is 11.8 Å². The summed E-state index contributed by atoms with van der Waals surface area (Å²) in [6, 6.07) is 9.39. The molecule has 0 aliphatic rings. The lowest BCUT2D eigenvalue weighted by Gasteiger charge is -2.04. The van der Waals surface area contributed by atoms with Crippen LogP contribution in [-0.2, 0) is 11.2 Å². The van der Waals surface area contributed by atoms with Gasteiger partial charge in [0.05, 0.1) is 18.2 Å². The van der Waals surface area contributed by atoms with Gasteiger partial charge in [0.2, 0.25) is 5.91 Å². The fourth-order valence-electron chi connectivity index (χ4n) is 1.13. The van der Waals surface area contributed by atoms with Crippen LogP contribution in [0.15, 0.2) is 24.3 Å². The third-order valence-electron chi connectivity index (χ3n) is 1.80. The smallest absolute Gasteiger partial charge is 0.234 e. The Kier molecular flexibility index (Phi) is 4.72. The fourth-order valence-corrected chi connectivity index (χ4v) is 1.46. The van der Waals surface area contributed by atoms with Gasteiger partial charge in [-0.3, -0.25) is 4.79 Å². The molecule has 15 heavy (non-hydrogen) atoms. The molecular weight excluding hydrogens is 208 g/mol. The van der Waals surface area contributed by atoms with Gasteiger partial charge in [-0.2, -0.15) is 17.0 Å². The van der Waals surface area contributed by atoms with E-state index >= 15 is 0 Å². The molecule has 4 heteroatoms. The first-order valence-corrected chi connectivity index (χ1v) is 5.90. The van der Waals surface area contributed by atoms with Crippen molar-refractivity contribution in [3.63, 3.8) is 0 Å². The number of nitrogens with zero attached hydrogens (tertiary/aromatic N) is 1. The number of amides is 1. The predicted octanol–water partition coefficient (Wildman–Crippen LogP) is 2.05. The summed E-state index contributed by atoms with van der Waals surface area (Å²) in [5, 5.41) is 11.3. The van der Waals surface area contributed by atoms with Crippen molar-refractivity contribution in [2.45, 2.75) is 6.42 Å². The lowest BCUT2D eigenvalue weighted by atomic mass is 10.1. The second kappa shape index (κ2) is 6.10. The van der Waals surface area contributed by atoms with Crippen molar-refractivity contribution in [3.8, 4) is 6.07 Å². The summed E-state index contributed by atoms with van der Waals surface area (Å²) < 4.78 is 0. The minimum atomic E-state index is -0.00414. The average molecular weight is 220 g/mol. The highest BCUT2D eigenvalue weighted by Crippen LogP contribution is 2.10. The second-order valence-corrected chi connectivity index (χ2v) is 3.88. The number of hydrogen-bond acceptors (Lipinski definition) is 3. The minimum Gasteiger partial charge on any atom is -0.325 e. The Hall–Kier alpha value is -1.47. The van der Waals surface area contributed by atoms with E-state index in [2.05, 4.69) is 11.4 Å². The van der Waals surface area contributed by atoms with Crippen molar-refractivity contribution in [2.24, 2.45) is 0 Å². The molecule has 0 heterocycles. The van der Waals surface area contributed by atoms with E-state index in [4.69, 9.17) is 5.26 Å². The van der Waals surface area contributed by atoms with Crippen LogP contribution in [0.4, 0.5) is 5.69 Å². The van der Waals surface area contributed by atoms with Crippen molar-refractivity contribution >= 4 is 23.4 Å². The highest BCUT2D eigenvalue weighted by Gasteiger charge is 2.00. The van der Waals surface area contributed by atoms with E-state index < -0.39 is 0 Å². The summed E-state index contributed by atoms with van der Waals surface area (Å²) in [5.74, 6) is 0.454. The average Bonchev–Trinajstić information content (AvgIpc) is 2.22. The first kappa shape index (κ1) is 11.6. The predicted molar refractivity (Wildman–Crippen MR) is 62.8 cm³/mol. The normalized spacial score (nSPS) is 9.33. The Labute approximate surface area is 93.5 Å². The van der Waals surface area contributed by atoms with Crippen LogP contribution in [0.25, 0.3) is 0 Å². The van der Waals surface area contributed by atoms with Gasteiger partial charge in [0, 0.05) is 5.69 Å². The molecule has 78 valence electrons. The maximum absolute atomic E-state index is 11.2. The van der Waals surface area contributed by atoms with Gasteiger partial charge in [-0.05, 0) is 24.0 Å². The maximum atomic E-state index is 11.2. The third kappa shape index (κ3) is 4.05. The summed E-state index contributed by atoms with van der Waals surface area (Å²) in [6.45, 7) is 0. The van der Waals surface area contributed by atoms with Crippen LogP contribution in [-0.4, -0.2) is 17.9 Å². The maximum Gasteiger partial charge on any atom is 0.234 e. The molecule has 0 unspecified atom stereocenters. The lowest BCUT2D eigenvalue weighted by Crippen LogP contribution is -2.13. The zero-order valence-electron chi connectivity index (χ0n) is 8.49. The van der Waals surface area contributed by atoms with E-state index in [-0.39, 0.29) is 5.91 Å². The molecule has 0 aromatic heterocycles. The molecule has 0 aliphatic carbocycles. The standard InChI is InChI=1S/C11H12N2OS/c1-15-8-11(14)13-10-4-2-9(3-5-10)6-7-12/h2-5H,6,8H2,1H3,(H,13,14). The number of nitriles is 1. The second-order valence-electron chi connectivity index (χ2n) is 3.01. The molecule has 1 amide bonds. The minimum absolute atomic E-state index is 0.00414. The fraction of sp³-hybridized carbons (Fsp3) is 0.273. The monoisotopic (exact) mass is 220 g/mol. The topological polar surface area (TPSA) is 52.9 Å². The molecule has 0 bridgehead atoms. The molecule has 1 aromatic carbocycles. The lowest BCUT2D eigenvalue weighted by molar-refractivity contribution is -0.113. The molecule has 0 atom stereocenters. The van der Waals surface area contributed by atoms with Gasteiger partial charge in [0.25, 0.3) is 0 Å². The Morgan fingerprint density at radius 3 is 2.67 bits per heavy atom. The van der Waals surface area contributed by atoms with E-state index in [9.17, 15) is 4.79 Å². The molecule has 1 aromatic rings. The first-order valence-electron chi connectivity index (χ1n) is 4.51. The third-order valence-corrected chi connectivity index (χ3v) is 2.35. The Balaban J connectivity index is 2.57. The van der Waals surface area contributed by atoms with E-state index in [1.807, 2.05) is 30.5 Å². The van der Waals surface area contributed by atoms with Crippen LogP contribution < -0.4 is 5.32 Å². The molecule has 3 nitrogen and oxygen atoms in total. The quantitative estimate of drug-likeness (QED) is 0.845. The summed E-state index contributed by atoms with van der Waals surface area (Å²) in [6.07, 6.45) is 2.29. The Morgan fingerprint density at radius 2 is 2.13 bits per heavy atom. The van der Waals surface area contributed by atoms with Crippen molar-refractivity contribution < 1.29 is 4.79 Å². The van der Waals surface area contributed by atoms with Crippen molar-refractivity contribution in [1.29, 1.82) is 5.26 Å². The molecule has 0 aliphatic heterocycles. The number of anilines is 1. The molecular formula is C11H12N2OS. The van der Waals surface area contributed by atoms with Crippen LogP contribution in [0.2, 0.25) is 0 Å². The highest BCUT2D eigenvalue weighted by molar-refractivity contribution is 7.99. The van der Waals surface area contributed by atoms with Gasteiger partial charge in [0.1, 0.15) is 0 Å². The number of thioether (sulfide) groups is 1. The van der Waals surface area contributed by atoms with E-state index in [0.717, 1.165) is 11.3 Å². The van der Waals surface area contributed by atoms with Crippen molar-refractivity contribution in [2.75, 3.05) is 17.3 Å². The Morgan fingerprint density at radius 1 is 1.47 bits per heavy atom. The molecule has 0 radical (unpaired) electrons. The van der Waals surface area contributed by atoms with Crippen LogP contribution in [0.5, 0.6) is 0 Å². The molecule has 1 N–H and O–H groups in total. The molecule has 0 spiro atoms. The van der Waals surface area contributed by atoms with Crippen LogP contribution in [0, 0.1) is 11.3 Å². The Bertz CT molecular complexity index is 367. The molecule has 0 saturated heterocycles. The molecule has 0 saturated carbocycles. The molecule has 1 rings (SSSR count). The van der Waals surface area contributed by atoms with Gasteiger partial charge < -0.3 is 5.32 Å².